The van der Waals surface area contributed by atoms with Crippen molar-refractivity contribution in [3.63, 3.8) is 0 Å². The van der Waals surface area contributed by atoms with Crippen LogP contribution >= 0.6 is 11.3 Å². The van der Waals surface area contributed by atoms with Gasteiger partial charge in [0.2, 0.25) is 5.91 Å². The van der Waals surface area contributed by atoms with Crippen LogP contribution in [0.5, 0.6) is 0 Å². The lowest BCUT2D eigenvalue weighted by Crippen LogP contribution is -2.30. The van der Waals surface area contributed by atoms with Crippen LogP contribution < -0.4 is 0 Å². The summed E-state index contributed by atoms with van der Waals surface area (Å²) in [4.78, 5) is 19.0. The van der Waals surface area contributed by atoms with E-state index in [4.69, 9.17) is 0 Å². The summed E-state index contributed by atoms with van der Waals surface area (Å²) in [7, 11) is 0. The van der Waals surface area contributed by atoms with Gasteiger partial charge in [0.1, 0.15) is 0 Å². The van der Waals surface area contributed by atoms with Crippen molar-refractivity contribution in [1.82, 2.24) is 9.88 Å². The van der Waals surface area contributed by atoms with Gasteiger partial charge in [-0.15, -0.1) is 11.3 Å². The molecule has 0 aliphatic rings. The molecule has 0 bridgehead atoms. The number of benzene rings is 1. The second-order valence-electron chi connectivity index (χ2n) is 6.77. The van der Waals surface area contributed by atoms with Crippen molar-refractivity contribution in [2.24, 2.45) is 0 Å². The van der Waals surface area contributed by atoms with Crippen LogP contribution in [-0.4, -0.2) is 22.3 Å². The lowest BCUT2D eigenvalue weighted by atomic mass is 9.93. The summed E-state index contributed by atoms with van der Waals surface area (Å²) in [6.07, 6.45) is 1.25. The number of aryl methyl sites for hydroxylation is 1. The minimum atomic E-state index is 0.0710. The number of aromatic nitrogens is 1. The van der Waals surface area contributed by atoms with E-state index in [1.54, 1.807) is 11.3 Å². The molecular weight excluding hydrogens is 304 g/mol. The number of hydrogen-bond acceptors (Lipinski definition) is 3. The molecular formula is C19H26N2OS. The molecule has 1 amide bonds. The van der Waals surface area contributed by atoms with Gasteiger partial charge in [0, 0.05) is 36.7 Å². The fraction of sp³-hybridized carbons (Fsp3) is 0.474. The van der Waals surface area contributed by atoms with E-state index in [9.17, 15) is 4.79 Å². The van der Waals surface area contributed by atoms with E-state index < -0.39 is 0 Å². The zero-order valence-electron chi connectivity index (χ0n) is 14.5. The largest absolute Gasteiger partial charge is 0.339 e. The zero-order valence-corrected chi connectivity index (χ0v) is 15.3. The highest BCUT2D eigenvalue weighted by Crippen LogP contribution is 2.24. The van der Waals surface area contributed by atoms with Gasteiger partial charge in [-0.3, -0.25) is 4.79 Å². The summed E-state index contributed by atoms with van der Waals surface area (Å²) in [6.45, 7) is 9.93. The van der Waals surface area contributed by atoms with E-state index >= 15 is 0 Å². The van der Waals surface area contributed by atoms with Crippen molar-refractivity contribution in [3.8, 4) is 0 Å². The zero-order chi connectivity index (χ0) is 16.9. The fourth-order valence-electron chi connectivity index (χ4n) is 2.32. The molecule has 1 aromatic heterocycles. The molecule has 124 valence electrons. The van der Waals surface area contributed by atoms with Gasteiger partial charge in [-0.25, -0.2) is 4.98 Å². The minimum absolute atomic E-state index is 0.0710. The predicted molar refractivity (Wildman–Crippen MR) is 96.7 cm³/mol. The van der Waals surface area contributed by atoms with Gasteiger partial charge in [-0.2, -0.15) is 0 Å². The second kappa shape index (κ2) is 7.73. The average molecular weight is 330 g/mol. The van der Waals surface area contributed by atoms with Crippen LogP contribution in [0.15, 0.2) is 35.7 Å². The molecule has 0 radical (unpaired) electrons. The van der Waals surface area contributed by atoms with Gasteiger partial charge >= 0.3 is 0 Å². The molecule has 0 aliphatic heterocycles. The number of rotatable bonds is 6. The highest BCUT2D eigenvalue weighted by molar-refractivity contribution is 7.09. The number of thiazole rings is 1. The molecule has 0 unspecified atom stereocenters. The van der Waals surface area contributed by atoms with Crippen molar-refractivity contribution in [1.29, 1.82) is 0 Å². The molecule has 1 aromatic carbocycles. The number of carbonyl (C=O) groups is 1. The van der Waals surface area contributed by atoms with Gasteiger partial charge in [0.15, 0.2) is 0 Å². The molecule has 0 atom stereocenters. The third kappa shape index (κ3) is 5.17. The van der Waals surface area contributed by atoms with E-state index in [0.717, 1.165) is 23.7 Å². The fourth-order valence-corrected chi connectivity index (χ4v) is 3.35. The highest BCUT2D eigenvalue weighted by atomic mass is 32.1. The minimum Gasteiger partial charge on any atom is -0.339 e. The lowest BCUT2D eigenvalue weighted by Gasteiger charge is -2.21. The average Bonchev–Trinajstić information content (AvgIpc) is 3.00. The first kappa shape index (κ1) is 17.7. The Labute approximate surface area is 143 Å². The molecule has 4 heteroatoms. The normalized spacial score (nSPS) is 11.5. The number of hydrogen-bond donors (Lipinski definition) is 0. The number of amides is 1. The maximum Gasteiger partial charge on any atom is 0.223 e. The van der Waals surface area contributed by atoms with Gasteiger partial charge in [-0.05, 0) is 12.5 Å². The Morgan fingerprint density at radius 2 is 1.91 bits per heavy atom. The third-order valence-electron chi connectivity index (χ3n) is 3.82. The molecule has 0 spiro atoms. The molecule has 2 rings (SSSR count). The van der Waals surface area contributed by atoms with Crippen molar-refractivity contribution >= 4 is 17.2 Å². The van der Waals surface area contributed by atoms with Crippen molar-refractivity contribution in [2.75, 3.05) is 6.54 Å². The molecule has 0 aliphatic carbocycles. The van der Waals surface area contributed by atoms with Gasteiger partial charge in [-0.1, -0.05) is 51.1 Å². The molecule has 0 saturated carbocycles. The standard InChI is InChI=1S/C19H26N2OS/c1-5-21(13-15-9-7-6-8-10-15)18(22)12-11-17-20-16(14-23-17)19(2,3)4/h6-10,14H,5,11-13H2,1-4H3. The Bertz CT molecular complexity index is 628. The van der Waals surface area contributed by atoms with E-state index in [1.165, 1.54) is 5.56 Å². The van der Waals surface area contributed by atoms with E-state index in [-0.39, 0.29) is 11.3 Å². The quantitative estimate of drug-likeness (QED) is 0.785. The van der Waals surface area contributed by atoms with Crippen molar-refractivity contribution in [2.45, 2.75) is 52.5 Å². The molecule has 2 aromatic rings. The number of nitrogens with zero attached hydrogens (tertiary/aromatic N) is 2. The first-order valence-corrected chi connectivity index (χ1v) is 9.04. The summed E-state index contributed by atoms with van der Waals surface area (Å²) in [5.74, 6) is 0.198. The van der Waals surface area contributed by atoms with Crippen LogP contribution in [0.3, 0.4) is 0 Å². The Morgan fingerprint density at radius 1 is 1.22 bits per heavy atom. The Kier molecular flexibility index (Phi) is 5.94. The molecule has 0 fully saturated rings. The van der Waals surface area contributed by atoms with Crippen LogP contribution in [0.25, 0.3) is 0 Å². The van der Waals surface area contributed by atoms with Crippen LogP contribution in [0.4, 0.5) is 0 Å². The van der Waals surface area contributed by atoms with E-state index in [0.29, 0.717) is 13.0 Å². The Balaban J connectivity index is 1.91. The molecule has 0 N–H and O–H groups in total. The molecule has 23 heavy (non-hydrogen) atoms. The van der Waals surface area contributed by atoms with E-state index in [2.05, 4.69) is 43.3 Å². The van der Waals surface area contributed by atoms with Gasteiger partial charge in [0.25, 0.3) is 0 Å². The molecule has 3 nitrogen and oxygen atoms in total. The predicted octanol–water partition coefficient (Wildman–Crippen LogP) is 4.42. The smallest absolute Gasteiger partial charge is 0.223 e. The summed E-state index contributed by atoms with van der Waals surface area (Å²) in [5.41, 5.74) is 2.36. The summed E-state index contributed by atoms with van der Waals surface area (Å²) < 4.78 is 0. The third-order valence-corrected chi connectivity index (χ3v) is 4.73. The summed E-state index contributed by atoms with van der Waals surface area (Å²) >= 11 is 1.66. The maximum atomic E-state index is 12.5. The van der Waals surface area contributed by atoms with Crippen LogP contribution in [0, 0.1) is 0 Å². The van der Waals surface area contributed by atoms with Gasteiger partial charge < -0.3 is 4.90 Å². The SMILES string of the molecule is CCN(Cc1ccccc1)C(=O)CCc1nc(C(C)(C)C)cs1. The number of carbonyl (C=O) groups excluding carboxylic acids is 1. The van der Waals surface area contributed by atoms with Crippen molar-refractivity contribution in [3.05, 3.63) is 52.0 Å². The Morgan fingerprint density at radius 3 is 2.48 bits per heavy atom. The summed E-state index contributed by atoms with van der Waals surface area (Å²) in [6, 6.07) is 10.1. The van der Waals surface area contributed by atoms with Crippen LogP contribution in [0.1, 0.15) is 50.4 Å². The maximum absolute atomic E-state index is 12.5. The topological polar surface area (TPSA) is 33.2 Å². The van der Waals surface area contributed by atoms with Crippen LogP contribution in [0.2, 0.25) is 0 Å². The first-order valence-electron chi connectivity index (χ1n) is 8.16. The molecule has 1 heterocycles. The monoisotopic (exact) mass is 330 g/mol. The molecule has 0 saturated heterocycles. The lowest BCUT2D eigenvalue weighted by molar-refractivity contribution is -0.131. The second-order valence-corrected chi connectivity index (χ2v) is 7.71. The van der Waals surface area contributed by atoms with E-state index in [1.807, 2.05) is 30.0 Å². The highest BCUT2D eigenvalue weighted by Gasteiger charge is 2.18. The summed E-state index contributed by atoms with van der Waals surface area (Å²) in [5, 5.41) is 3.17. The Hall–Kier alpha value is -1.68. The van der Waals surface area contributed by atoms with Crippen LogP contribution in [-0.2, 0) is 23.2 Å². The van der Waals surface area contributed by atoms with Crippen molar-refractivity contribution < 1.29 is 4.79 Å². The first-order chi connectivity index (χ1) is 10.9. The van der Waals surface area contributed by atoms with Gasteiger partial charge in [0.05, 0.1) is 10.7 Å².